The SMILES string of the molecule is CSC(C)CNS(=O)(=O)c1ccccc1CNC1CC1. The van der Waals surface area contributed by atoms with E-state index in [0.717, 1.165) is 5.56 Å². The first-order valence-corrected chi connectivity index (χ1v) is 9.64. The Labute approximate surface area is 125 Å². The molecule has 6 heteroatoms. The third-order valence-electron chi connectivity index (χ3n) is 3.38. The molecule has 2 rings (SSSR count). The van der Waals surface area contributed by atoms with Crippen LogP contribution >= 0.6 is 11.8 Å². The summed E-state index contributed by atoms with van der Waals surface area (Å²) in [4.78, 5) is 0.390. The molecule has 1 unspecified atom stereocenters. The van der Waals surface area contributed by atoms with E-state index in [0.29, 0.717) is 24.0 Å². The lowest BCUT2D eigenvalue weighted by atomic mass is 10.2. The molecule has 1 saturated carbocycles. The van der Waals surface area contributed by atoms with E-state index in [2.05, 4.69) is 10.0 Å². The van der Waals surface area contributed by atoms with Crippen molar-refractivity contribution in [2.75, 3.05) is 12.8 Å². The maximum atomic E-state index is 12.4. The van der Waals surface area contributed by atoms with Gasteiger partial charge in [0, 0.05) is 24.4 Å². The first-order chi connectivity index (χ1) is 9.53. The predicted octanol–water partition coefficient (Wildman–Crippen LogP) is 1.97. The molecule has 1 aromatic rings. The molecule has 0 amide bonds. The topological polar surface area (TPSA) is 58.2 Å². The molecule has 1 aliphatic carbocycles. The first kappa shape index (κ1) is 15.8. The van der Waals surface area contributed by atoms with E-state index >= 15 is 0 Å². The molecular formula is C14H22N2O2S2. The highest BCUT2D eigenvalue weighted by Crippen LogP contribution is 2.21. The van der Waals surface area contributed by atoms with Crippen molar-refractivity contribution >= 4 is 21.8 Å². The van der Waals surface area contributed by atoms with Gasteiger partial charge in [-0.1, -0.05) is 25.1 Å². The van der Waals surface area contributed by atoms with Crippen molar-refractivity contribution in [1.82, 2.24) is 10.0 Å². The van der Waals surface area contributed by atoms with Crippen molar-refractivity contribution < 1.29 is 8.42 Å². The number of benzene rings is 1. The quantitative estimate of drug-likeness (QED) is 0.770. The molecule has 4 nitrogen and oxygen atoms in total. The summed E-state index contributed by atoms with van der Waals surface area (Å²) >= 11 is 1.65. The van der Waals surface area contributed by atoms with Crippen molar-refractivity contribution in [3.8, 4) is 0 Å². The van der Waals surface area contributed by atoms with Crippen LogP contribution in [-0.4, -0.2) is 32.5 Å². The minimum Gasteiger partial charge on any atom is -0.310 e. The lowest BCUT2D eigenvalue weighted by Gasteiger charge is -2.14. The summed E-state index contributed by atoms with van der Waals surface area (Å²) in [6, 6.07) is 7.77. The highest BCUT2D eigenvalue weighted by Gasteiger charge is 2.22. The Bertz CT molecular complexity index is 542. The lowest BCUT2D eigenvalue weighted by molar-refractivity contribution is 0.578. The van der Waals surface area contributed by atoms with Gasteiger partial charge in [0.05, 0.1) is 4.90 Å². The highest BCUT2D eigenvalue weighted by molar-refractivity contribution is 7.99. The molecule has 0 aliphatic heterocycles. The van der Waals surface area contributed by atoms with Gasteiger partial charge in [0.15, 0.2) is 0 Å². The fraction of sp³-hybridized carbons (Fsp3) is 0.571. The second-order valence-electron chi connectivity index (χ2n) is 5.16. The molecule has 0 heterocycles. The Morgan fingerprint density at radius 2 is 2.05 bits per heavy atom. The van der Waals surface area contributed by atoms with Gasteiger partial charge in [-0.2, -0.15) is 11.8 Å². The first-order valence-electron chi connectivity index (χ1n) is 6.86. The van der Waals surface area contributed by atoms with Gasteiger partial charge in [-0.05, 0) is 30.7 Å². The summed E-state index contributed by atoms with van der Waals surface area (Å²) in [5.41, 5.74) is 0.837. The molecule has 2 N–H and O–H groups in total. The van der Waals surface area contributed by atoms with E-state index in [9.17, 15) is 8.42 Å². The smallest absolute Gasteiger partial charge is 0.240 e. The molecular weight excluding hydrogens is 292 g/mol. The summed E-state index contributed by atoms with van der Waals surface area (Å²) < 4.78 is 27.5. The minimum atomic E-state index is -3.43. The monoisotopic (exact) mass is 314 g/mol. The molecule has 1 aliphatic rings. The summed E-state index contributed by atoms with van der Waals surface area (Å²) in [6.07, 6.45) is 4.36. The summed E-state index contributed by atoms with van der Waals surface area (Å²) in [5.74, 6) is 0. The molecule has 0 radical (unpaired) electrons. The van der Waals surface area contributed by atoms with E-state index in [1.165, 1.54) is 12.8 Å². The van der Waals surface area contributed by atoms with Crippen molar-refractivity contribution in [1.29, 1.82) is 0 Å². The predicted molar refractivity (Wildman–Crippen MR) is 84.5 cm³/mol. The molecule has 0 spiro atoms. The average molecular weight is 314 g/mol. The molecule has 0 bridgehead atoms. The number of sulfonamides is 1. The number of rotatable bonds is 8. The maximum Gasteiger partial charge on any atom is 0.240 e. The van der Waals surface area contributed by atoms with Crippen LogP contribution in [0.3, 0.4) is 0 Å². The van der Waals surface area contributed by atoms with E-state index in [1.54, 1.807) is 23.9 Å². The van der Waals surface area contributed by atoms with Gasteiger partial charge in [-0.3, -0.25) is 0 Å². The minimum absolute atomic E-state index is 0.265. The van der Waals surface area contributed by atoms with Gasteiger partial charge in [-0.15, -0.1) is 0 Å². The van der Waals surface area contributed by atoms with E-state index in [1.807, 2.05) is 25.3 Å². The van der Waals surface area contributed by atoms with Gasteiger partial charge in [0.2, 0.25) is 10.0 Å². The van der Waals surface area contributed by atoms with Crippen molar-refractivity contribution in [3.63, 3.8) is 0 Å². The Hall–Kier alpha value is -0.560. The molecule has 1 atom stereocenters. The van der Waals surface area contributed by atoms with Crippen molar-refractivity contribution in [2.24, 2.45) is 0 Å². The van der Waals surface area contributed by atoms with E-state index in [4.69, 9.17) is 0 Å². The standard InChI is InChI=1S/C14H22N2O2S2/c1-11(19-2)9-16-20(17,18)14-6-4-3-5-12(14)10-15-13-7-8-13/h3-6,11,13,15-16H,7-10H2,1-2H3. The zero-order valence-corrected chi connectivity index (χ0v) is 13.6. The summed E-state index contributed by atoms with van der Waals surface area (Å²) in [6.45, 7) is 3.07. The zero-order chi connectivity index (χ0) is 14.6. The van der Waals surface area contributed by atoms with Crippen molar-refractivity contribution in [2.45, 2.75) is 42.5 Å². The Kier molecular flexibility index (Phi) is 5.49. The Morgan fingerprint density at radius 3 is 2.70 bits per heavy atom. The largest absolute Gasteiger partial charge is 0.310 e. The van der Waals surface area contributed by atoms with Crippen LogP contribution in [0.1, 0.15) is 25.3 Å². The van der Waals surface area contributed by atoms with Crippen molar-refractivity contribution in [3.05, 3.63) is 29.8 Å². The van der Waals surface area contributed by atoms with Crippen LogP contribution < -0.4 is 10.0 Å². The third kappa shape index (κ3) is 4.48. The average Bonchev–Trinajstić information content (AvgIpc) is 3.27. The van der Waals surface area contributed by atoms with E-state index in [-0.39, 0.29) is 5.25 Å². The normalized spacial score (nSPS) is 17.1. The molecule has 0 saturated heterocycles. The third-order valence-corrected chi connectivity index (χ3v) is 5.88. The number of nitrogens with one attached hydrogen (secondary N) is 2. The molecule has 0 aromatic heterocycles. The number of hydrogen-bond donors (Lipinski definition) is 2. The van der Waals surface area contributed by atoms with Gasteiger partial charge < -0.3 is 5.32 Å². The molecule has 1 fully saturated rings. The van der Waals surface area contributed by atoms with Crippen LogP contribution in [0.2, 0.25) is 0 Å². The Balaban J connectivity index is 2.08. The number of hydrogen-bond acceptors (Lipinski definition) is 4. The lowest BCUT2D eigenvalue weighted by Crippen LogP contribution is -2.30. The van der Waals surface area contributed by atoms with Crippen LogP contribution in [0.15, 0.2) is 29.2 Å². The van der Waals surface area contributed by atoms with Crippen LogP contribution in [-0.2, 0) is 16.6 Å². The Morgan fingerprint density at radius 1 is 1.35 bits per heavy atom. The number of thioether (sulfide) groups is 1. The second kappa shape index (κ2) is 6.93. The summed E-state index contributed by atoms with van der Waals surface area (Å²) in [7, 11) is -3.43. The zero-order valence-electron chi connectivity index (χ0n) is 11.9. The van der Waals surface area contributed by atoms with Crippen LogP contribution in [0.4, 0.5) is 0 Å². The van der Waals surface area contributed by atoms with Gasteiger partial charge >= 0.3 is 0 Å². The van der Waals surface area contributed by atoms with Gasteiger partial charge in [-0.25, -0.2) is 13.1 Å². The molecule has 1 aromatic carbocycles. The highest BCUT2D eigenvalue weighted by atomic mass is 32.2. The van der Waals surface area contributed by atoms with Gasteiger partial charge in [0.25, 0.3) is 0 Å². The van der Waals surface area contributed by atoms with Gasteiger partial charge in [0.1, 0.15) is 0 Å². The molecule has 112 valence electrons. The fourth-order valence-electron chi connectivity index (χ4n) is 1.84. The van der Waals surface area contributed by atoms with Crippen LogP contribution in [0, 0.1) is 0 Å². The fourth-order valence-corrected chi connectivity index (χ4v) is 3.57. The van der Waals surface area contributed by atoms with Crippen LogP contribution in [0.5, 0.6) is 0 Å². The van der Waals surface area contributed by atoms with E-state index < -0.39 is 10.0 Å². The van der Waals surface area contributed by atoms with Crippen LogP contribution in [0.25, 0.3) is 0 Å². The maximum absolute atomic E-state index is 12.4. The second-order valence-corrected chi connectivity index (χ2v) is 8.17. The summed E-state index contributed by atoms with van der Waals surface area (Å²) in [5, 5.41) is 3.63. The molecule has 20 heavy (non-hydrogen) atoms.